The second kappa shape index (κ2) is 8.39. The first-order valence-corrected chi connectivity index (χ1v) is 6.81. The zero-order chi connectivity index (χ0) is 17.8. The van der Waals surface area contributed by atoms with E-state index in [0.29, 0.717) is 0 Å². The first kappa shape index (κ1) is 20.3. The molecular weight excluding hydrogens is 320 g/mol. The van der Waals surface area contributed by atoms with Gasteiger partial charge in [0.25, 0.3) is 0 Å². The molecule has 0 aromatic rings. The summed E-state index contributed by atoms with van der Waals surface area (Å²) in [6, 6.07) is 0. The SMILES string of the molecule is O=CC(O[C@]1(CO)O[C@H](CO)[C@@H](O)[C@@H]1O)C(O)C(O)C(O)CO. The summed E-state index contributed by atoms with van der Waals surface area (Å²) in [5.74, 6) is -2.33. The number of hydrogen-bond donors (Lipinski definition) is 8. The fourth-order valence-corrected chi connectivity index (χ4v) is 2.21. The molecule has 0 aromatic heterocycles. The Balaban J connectivity index is 2.93. The van der Waals surface area contributed by atoms with Gasteiger partial charge in [0.2, 0.25) is 5.79 Å². The minimum Gasteiger partial charge on any atom is -0.394 e. The number of ether oxygens (including phenoxy) is 2. The number of carbonyl (C=O) groups excluding carboxylic acids is 1. The van der Waals surface area contributed by atoms with Gasteiger partial charge in [-0.15, -0.1) is 0 Å². The van der Waals surface area contributed by atoms with Gasteiger partial charge in [-0.1, -0.05) is 0 Å². The molecule has 1 rings (SSSR count). The summed E-state index contributed by atoms with van der Waals surface area (Å²) in [4.78, 5) is 11.1. The van der Waals surface area contributed by atoms with Crippen LogP contribution in [0, 0.1) is 0 Å². The van der Waals surface area contributed by atoms with Crippen molar-refractivity contribution in [3.8, 4) is 0 Å². The molecule has 0 radical (unpaired) electrons. The van der Waals surface area contributed by atoms with E-state index in [1.807, 2.05) is 0 Å². The zero-order valence-corrected chi connectivity index (χ0v) is 12.0. The normalized spacial score (nSPS) is 36.4. The van der Waals surface area contributed by atoms with Crippen molar-refractivity contribution in [1.82, 2.24) is 0 Å². The summed E-state index contributed by atoms with van der Waals surface area (Å²) in [5.41, 5.74) is 0. The monoisotopic (exact) mass is 342 g/mol. The Morgan fingerprint density at radius 2 is 1.74 bits per heavy atom. The maximum atomic E-state index is 11.1. The lowest BCUT2D eigenvalue weighted by atomic mass is 10.0. The van der Waals surface area contributed by atoms with E-state index in [1.54, 1.807) is 0 Å². The smallest absolute Gasteiger partial charge is 0.222 e. The Hall–Kier alpha value is -0.730. The van der Waals surface area contributed by atoms with Gasteiger partial charge in [0, 0.05) is 0 Å². The highest BCUT2D eigenvalue weighted by molar-refractivity contribution is 5.57. The van der Waals surface area contributed by atoms with Gasteiger partial charge < -0.3 is 55.1 Å². The summed E-state index contributed by atoms with van der Waals surface area (Å²) in [6.45, 7) is -2.67. The molecule has 0 bridgehead atoms. The van der Waals surface area contributed by atoms with Crippen LogP contribution in [0.4, 0.5) is 0 Å². The molecule has 0 amide bonds. The molecule has 1 fully saturated rings. The molecule has 0 saturated carbocycles. The molecule has 11 heteroatoms. The highest BCUT2D eigenvalue weighted by Gasteiger charge is 2.56. The summed E-state index contributed by atoms with van der Waals surface area (Å²) in [6.07, 6.45) is -12.4. The second-order valence-electron chi connectivity index (χ2n) is 5.19. The molecule has 23 heavy (non-hydrogen) atoms. The summed E-state index contributed by atoms with van der Waals surface area (Å²) in [5, 5.41) is 75.4. The molecule has 4 unspecified atom stereocenters. The van der Waals surface area contributed by atoms with Gasteiger partial charge >= 0.3 is 0 Å². The largest absolute Gasteiger partial charge is 0.394 e. The lowest BCUT2D eigenvalue weighted by Crippen LogP contribution is -2.56. The topological polar surface area (TPSA) is 197 Å². The van der Waals surface area contributed by atoms with Gasteiger partial charge in [0.15, 0.2) is 6.29 Å². The molecule has 1 aliphatic heterocycles. The van der Waals surface area contributed by atoms with Crippen LogP contribution in [-0.4, -0.2) is 115 Å². The summed E-state index contributed by atoms with van der Waals surface area (Å²) in [7, 11) is 0. The predicted molar refractivity (Wildman–Crippen MR) is 69.8 cm³/mol. The van der Waals surface area contributed by atoms with Crippen molar-refractivity contribution in [3.63, 3.8) is 0 Å². The van der Waals surface area contributed by atoms with E-state index in [4.69, 9.17) is 19.7 Å². The van der Waals surface area contributed by atoms with Crippen LogP contribution in [0.5, 0.6) is 0 Å². The molecular formula is C12H22O11. The first-order chi connectivity index (χ1) is 10.8. The molecule has 8 atom stereocenters. The number of carbonyl (C=O) groups is 1. The molecule has 8 N–H and O–H groups in total. The Bertz CT molecular complexity index is 380. The molecule has 0 aliphatic carbocycles. The number of aliphatic hydroxyl groups excluding tert-OH is 8. The van der Waals surface area contributed by atoms with Gasteiger partial charge in [-0.3, -0.25) is 0 Å². The van der Waals surface area contributed by atoms with Gasteiger partial charge in [-0.25, -0.2) is 0 Å². The standard InChI is InChI=1S/C12H22O11/c13-1-5(17)8(18)9(19)6(2-14)22-12(4-16)11(21)10(20)7(3-15)23-12/h2,5-11,13,15-21H,1,3-4H2/t5?,6?,7-,8?,9?,10-,11+,12-/m1/s1. The quantitative estimate of drug-likeness (QED) is 0.186. The van der Waals surface area contributed by atoms with E-state index >= 15 is 0 Å². The van der Waals surface area contributed by atoms with Gasteiger partial charge in [-0.2, -0.15) is 0 Å². The number of aliphatic hydroxyl groups is 8. The zero-order valence-electron chi connectivity index (χ0n) is 12.0. The highest BCUT2D eigenvalue weighted by atomic mass is 16.7. The van der Waals surface area contributed by atoms with E-state index in [0.717, 1.165) is 0 Å². The van der Waals surface area contributed by atoms with Gasteiger partial charge in [0.1, 0.15) is 49.3 Å². The van der Waals surface area contributed by atoms with E-state index in [-0.39, 0.29) is 6.29 Å². The Labute approximate surface area is 130 Å². The Morgan fingerprint density at radius 1 is 1.13 bits per heavy atom. The van der Waals surface area contributed by atoms with Crippen molar-refractivity contribution in [2.75, 3.05) is 19.8 Å². The van der Waals surface area contributed by atoms with E-state index in [9.17, 15) is 35.4 Å². The van der Waals surface area contributed by atoms with Crippen LogP contribution in [-0.2, 0) is 14.3 Å². The maximum Gasteiger partial charge on any atom is 0.222 e. The maximum absolute atomic E-state index is 11.1. The fourth-order valence-electron chi connectivity index (χ4n) is 2.21. The molecule has 1 aliphatic rings. The van der Waals surface area contributed by atoms with Crippen molar-refractivity contribution in [2.24, 2.45) is 0 Å². The third kappa shape index (κ3) is 4.03. The second-order valence-corrected chi connectivity index (χ2v) is 5.19. The highest BCUT2D eigenvalue weighted by Crippen LogP contribution is 2.33. The lowest BCUT2D eigenvalue weighted by Gasteiger charge is -2.35. The summed E-state index contributed by atoms with van der Waals surface area (Å²) >= 11 is 0. The Morgan fingerprint density at radius 3 is 2.13 bits per heavy atom. The lowest BCUT2D eigenvalue weighted by molar-refractivity contribution is -0.301. The van der Waals surface area contributed by atoms with Crippen LogP contribution in [0.15, 0.2) is 0 Å². The minimum atomic E-state index is -2.33. The van der Waals surface area contributed by atoms with E-state index in [2.05, 4.69) is 0 Å². The average Bonchev–Trinajstić information content (AvgIpc) is 2.82. The predicted octanol–water partition coefficient (Wildman–Crippen LogP) is -5.55. The molecule has 1 heterocycles. The van der Waals surface area contributed by atoms with Crippen LogP contribution >= 0.6 is 0 Å². The van der Waals surface area contributed by atoms with Crippen LogP contribution in [0.1, 0.15) is 0 Å². The van der Waals surface area contributed by atoms with E-state index < -0.39 is 68.3 Å². The van der Waals surface area contributed by atoms with Crippen molar-refractivity contribution < 1.29 is 55.1 Å². The third-order valence-corrected chi connectivity index (χ3v) is 3.64. The molecule has 0 aromatic carbocycles. The summed E-state index contributed by atoms with van der Waals surface area (Å²) < 4.78 is 10.1. The van der Waals surface area contributed by atoms with Crippen molar-refractivity contribution in [1.29, 1.82) is 0 Å². The molecule has 1 saturated heterocycles. The third-order valence-electron chi connectivity index (χ3n) is 3.64. The Kier molecular flexibility index (Phi) is 7.41. The van der Waals surface area contributed by atoms with Crippen LogP contribution in [0.25, 0.3) is 0 Å². The fraction of sp³-hybridized carbons (Fsp3) is 0.917. The van der Waals surface area contributed by atoms with Crippen molar-refractivity contribution >= 4 is 6.29 Å². The average molecular weight is 342 g/mol. The van der Waals surface area contributed by atoms with Crippen LogP contribution in [0.2, 0.25) is 0 Å². The van der Waals surface area contributed by atoms with Crippen molar-refractivity contribution in [2.45, 2.75) is 48.5 Å². The van der Waals surface area contributed by atoms with Gasteiger partial charge in [0.05, 0.1) is 13.2 Å². The van der Waals surface area contributed by atoms with E-state index in [1.165, 1.54) is 0 Å². The molecule has 136 valence electrons. The first-order valence-electron chi connectivity index (χ1n) is 6.81. The van der Waals surface area contributed by atoms with Gasteiger partial charge in [-0.05, 0) is 0 Å². The molecule has 11 nitrogen and oxygen atoms in total. The number of hydrogen-bond acceptors (Lipinski definition) is 11. The number of rotatable bonds is 9. The van der Waals surface area contributed by atoms with Crippen LogP contribution < -0.4 is 0 Å². The minimum absolute atomic E-state index is 0.0180. The van der Waals surface area contributed by atoms with Crippen molar-refractivity contribution in [3.05, 3.63) is 0 Å². The molecule has 0 spiro atoms. The van der Waals surface area contributed by atoms with Crippen LogP contribution in [0.3, 0.4) is 0 Å². The number of aldehydes is 1.